The van der Waals surface area contributed by atoms with E-state index in [4.69, 9.17) is 10.2 Å². The average Bonchev–Trinajstić information content (AvgIpc) is 3.10. The van der Waals surface area contributed by atoms with Crippen LogP contribution in [0, 0.1) is 5.92 Å². The van der Waals surface area contributed by atoms with Crippen LogP contribution in [0.1, 0.15) is 31.1 Å². The molecule has 0 radical (unpaired) electrons. The van der Waals surface area contributed by atoms with Crippen molar-refractivity contribution in [3.63, 3.8) is 0 Å². The van der Waals surface area contributed by atoms with Crippen molar-refractivity contribution >= 4 is 11.0 Å². The zero-order valence-electron chi connectivity index (χ0n) is 11.6. The maximum absolute atomic E-state index is 9.41. The van der Waals surface area contributed by atoms with E-state index >= 15 is 0 Å². The summed E-state index contributed by atoms with van der Waals surface area (Å²) < 4.78 is 5.90. The minimum atomic E-state index is 0.0135. The van der Waals surface area contributed by atoms with E-state index in [0.717, 1.165) is 29.6 Å². The van der Waals surface area contributed by atoms with Crippen LogP contribution >= 0.6 is 0 Å². The van der Waals surface area contributed by atoms with E-state index in [9.17, 15) is 5.11 Å². The fourth-order valence-electron chi connectivity index (χ4n) is 3.17. The van der Waals surface area contributed by atoms with E-state index < -0.39 is 0 Å². The molecule has 4 N–H and O–H groups in total. The second-order valence-corrected chi connectivity index (χ2v) is 5.62. The van der Waals surface area contributed by atoms with Crippen LogP contribution in [0.15, 0.2) is 34.7 Å². The molecule has 0 bridgehead atoms. The maximum atomic E-state index is 9.41. The monoisotopic (exact) mass is 274 g/mol. The molecular weight excluding hydrogens is 252 g/mol. The first-order valence-corrected chi connectivity index (χ1v) is 7.37. The van der Waals surface area contributed by atoms with Gasteiger partial charge in [-0.05, 0) is 30.9 Å². The molecule has 0 aliphatic heterocycles. The molecule has 4 nitrogen and oxygen atoms in total. The molecule has 0 saturated heterocycles. The number of nitrogens with two attached hydrogens (primary N) is 1. The number of furan rings is 1. The molecule has 108 valence electrons. The standard InChI is InChI=1S/C16H22N2O2/c17-9-14(18-13-6-3-5-12(13)10-19)16-8-11-4-1-2-7-15(11)20-16/h1-2,4,7-8,12-14,18-19H,3,5-6,9-10,17H2. The topological polar surface area (TPSA) is 71.4 Å². The molecule has 1 saturated carbocycles. The van der Waals surface area contributed by atoms with Crippen LogP contribution in [0.3, 0.4) is 0 Å². The minimum absolute atomic E-state index is 0.0135. The molecule has 4 heteroatoms. The third-order valence-corrected chi connectivity index (χ3v) is 4.33. The lowest BCUT2D eigenvalue weighted by atomic mass is 10.0. The Morgan fingerprint density at radius 1 is 1.35 bits per heavy atom. The second kappa shape index (κ2) is 5.95. The van der Waals surface area contributed by atoms with Gasteiger partial charge in [0.05, 0.1) is 6.04 Å². The molecule has 1 aliphatic carbocycles. The van der Waals surface area contributed by atoms with Gasteiger partial charge in [0.25, 0.3) is 0 Å². The Morgan fingerprint density at radius 2 is 2.20 bits per heavy atom. The smallest absolute Gasteiger partial charge is 0.134 e. The Bertz CT molecular complexity index is 533. The van der Waals surface area contributed by atoms with E-state index in [-0.39, 0.29) is 12.6 Å². The average molecular weight is 274 g/mol. The highest BCUT2D eigenvalue weighted by Gasteiger charge is 2.29. The highest BCUT2D eigenvalue weighted by Crippen LogP contribution is 2.29. The van der Waals surface area contributed by atoms with Gasteiger partial charge in [-0.1, -0.05) is 24.6 Å². The summed E-state index contributed by atoms with van der Waals surface area (Å²) in [7, 11) is 0. The quantitative estimate of drug-likeness (QED) is 0.781. The van der Waals surface area contributed by atoms with Gasteiger partial charge < -0.3 is 20.6 Å². The van der Waals surface area contributed by atoms with E-state index in [1.54, 1.807) is 0 Å². The third-order valence-electron chi connectivity index (χ3n) is 4.33. The predicted octanol–water partition coefficient (Wildman–Crippen LogP) is 2.18. The van der Waals surface area contributed by atoms with E-state index in [1.807, 2.05) is 24.3 Å². The summed E-state index contributed by atoms with van der Waals surface area (Å²) in [6, 6.07) is 10.4. The van der Waals surface area contributed by atoms with Gasteiger partial charge in [-0.3, -0.25) is 0 Å². The number of para-hydroxylation sites is 1. The lowest BCUT2D eigenvalue weighted by Gasteiger charge is -2.24. The summed E-state index contributed by atoms with van der Waals surface area (Å²) in [6.07, 6.45) is 3.36. The van der Waals surface area contributed by atoms with Gasteiger partial charge in [0.15, 0.2) is 0 Å². The first-order chi connectivity index (χ1) is 9.81. The largest absolute Gasteiger partial charge is 0.459 e. The summed E-state index contributed by atoms with van der Waals surface area (Å²) in [5.74, 6) is 1.23. The number of fused-ring (bicyclic) bond motifs is 1. The Labute approximate surface area is 119 Å². The molecule has 1 heterocycles. The second-order valence-electron chi connectivity index (χ2n) is 5.62. The number of nitrogens with one attached hydrogen (secondary N) is 1. The van der Waals surface area contributed by atoms with Crippen LogP contribution in [-0.2, 0) is 0 Å². The Kier molecular flexibility index (Phi) is 4.05. The summed E-state index contributed by atoms with van der Waals surface area (Å²) in [6.45, 7) is 0.740. The molecule has 1 aromatic carbocycles. The molecule has 1 fully saturated rings. The molecule has 1 aliphatic rings. The zero-order chi connectivity index (χ0) is 13.9. The van der Waals surface area contributed by atoms with E-state index in [1.165, 1.54) is 6.42 Å². The Hall–Kier alpha value is -1.36. The summed E-state index contributed by atoms with van der Waals surface area (Å²) in [5, 5.41) is 14.1. The van der Waals surface area contributed by atoms with Gasteiger partial charge in [-0.15, -0.1) is 0 Å². The van der Waals surface area contributed by atoms with E-state index in [2.05, 4.69) is 11.4 Å². The van der Waals surface area contributed by atoms with Crippen LogP contribution in [-0.4, -0.2) is 24.3 Å². The molecule has 0 spiro atoms. The van der Waals surface area contributed by atoms with Gasteiger partial charge in [-0.25, -0.2) is 0 Å². The fraction of sp³-hybridized carbons (Fsp3) is 0.500. The van der Waals surface area contributed by atoms with Gasteiger partial charge in [0.1, 0.15) is 11.3 Å². The molecular formula is C16H22N2O2. The highest BCUT2D eigenvalue weighted by molar-refractivity contribution is 5.77. The number of rotatable bonds is 5. The summed E-state index contributed by atoms with van der Waals surface area (Å²) in [5.41, 5.74) is 6.80. The lowest BCUT2D eigenvalue weighted by molar-refractivity contribution is 0.197. The predicted molar refractivity (Wildman–Crippen MR) is 79.4 cm³/mol. The number of aliphatic hydroxyl groups is 1. The normalized spacial score (nSPS) is 24.3. The molecule has 2 aromatic rings. The highest BCUT2D eigenvalue weighted by atomic mass is 16.3. The minimum Gasteiger partial charge on any atom is -0.459 e. The number of hydrogen-bond donors (Lipinski definition) is 3. The van der Waals surface area contributed by atoms with Crippen molar-refractivity contribution in [2.24, 2.45) is 11.7 Å². The summed E-state index contributed by atoms with van der Waals surface area (Å²) >= 11 is 0. The van der Waals surface area contributed by atoms with Crippen LogP contribution in [0.25, 0.3) is 11.0 Å². The Morgan fingerprint density at radius 3 is 2.95 bits per heavy atom. The van der Waals surface area contributed by atoms with Gasteiger partial charge in [-0.2, -0.15) is 0 Å². The van der Waals surface area contributed by atoms with Gasteiger partial charge >= 0.3 is 0 Å². The fourth-order valence-corrected chi connectivity index (χ4v) is 3.17. The van der Waals surface area contributed by atoms with Gasteiger partial charge in [0, 0.05) is 24.6 Å². The summed E-state index contributed by atoms with van der Waals surface area (Å²) in [4.78, 5) is 0. The van der Waals surface area contributed by atoms with Crippen molar-refractivity contribution in [3.8, 4) is 0 Å². The van der Waals surface area contributed by atoms with Crippen molar-refractivity contribution in [3.05, 3.63) is 36.1 Å². The SMILES string of the molecule is NCC(NC1CCCC1CO)c1cc2ccccc2o1. The van der Waals surface area contributed by atoms with Crippen LogP contribution in [0.4, 0.5) is 0 Å². The van der Waals surface area contributed by atoms with Crippen LogP contribution in [0.5, 0.6) is 0 Å². The zero-order valence-corrected chi connectivity index (χ0v) is 11.6. The maximum Gasteiger partial charge on any atom is 0.134 e. The molecule has 3 atom stereocenters. The molecule has 0 amide bonds. The van der Waals surface area contributed by atoms with Crippen molar-refractivity contribution < 1.29 is 9.52 Å². The molecule has 20 heavy (non-hydrogen) atoms. The van der Waals surface area contributed by atoms with Crippen molar-refractivity contribution in [2.45, 2.75) is 31.3 Å². The number of aliphatic hydroxyl groups excluding tert-OH is 1. The number of hydrogen-bond acceptors (Lipinski definition) is 4. The Balaban J connectivity index is 1.78. The van der Waals surface area contributed by atoms with E-state index in [0.29, 0.717) is 18.5 Å². The first kappa shape index (κ1) is 13.6. The van der Waals surface area contributed by atoms with Crippen LogP contribution in [0.2, 0.25) is 0 Å². The number of benzene rings is 1. The van der Waals surface area contributed by atoms with Gasteiger partial charge in [0.2, 0.25) is 0 Å². The van der Waals surface area contributed by atoms with Crippen LogP contribution < -0.4 is 11.1 Å². The van der Waals surface area contributed by atoms with Crippen molar-refractivity contribution in [1.82, 2.24) is 5.32 Å². The van der Waals surface area contributed by atoms with Crippen molar-refractivity contribution in [1.29, 1.82) is 0 Å². The first-order valence-electron chi connectivity index (χ1n) is 7.37. The molecule has 1 aromatic heterocycles. The molecule has 3 rings (SSSR count). The lowest BCUT2D eigenvalue weighted by Crippen LogP contribution is -2.39. The van der Waals surface area contributed by atoms with Crippen molar-refractivity contribution in [2.75, 3.05) is 13.2 Å². The molecule has 3 unspecified atom stereocenters. The third kappa shape index (κ3) is 2.59.